The zero-order valence-corrected chi connectivity index (χ0v) is 17.4. The summed E-state index contributed by atoms with van der Waals surface area (Å²) in [5.74, 6) is 1.77. The van der Waals surface area contributed by atoms with Crippen LogP contribution in [0.15, 0.2) is 16.8 Å². The number of allylic oxidation sites excluding steroid dienone is 2. The highest BCUT2D eigenvalue weighted by Crippen LogP contribution is 2.66. The molecule has 3 fully saturated rings. The van der Waals surface area contributed by atoms with Crippen molar-refractivity contribution in [3.8, 4) is 0 Å². The number of carbonyl (C=O) groups is 2. The molecule has 0 saturated heterocycles. The predicted molar refractivity (Wildman–Crippen MR) is 107 cm³/mol. The van der Waals surface area contributed by atoms with E-state index in [2.05, 4.69) is 25.1 Å². The molecule has 0 amide bonds. The van der Waals surface area contributed by atoms with Gasteiger partial charge in [0.2, 0.25) is 6.61 Å². The Balaban J connectivity index is 1.55. The van der Waals surface area contributed by atoms with Crippen molar-refractivity contribution < 1.29 is 19.5 Å². The lowest BCUT2D eigenvalue weighted by molar-refractivity contribution is -0.142. The minimum absolute atomic E-state index is 0.205. The molecule has 0 spiro atoms. The Bertz CT molecular complexity index is 741. The molecule has 0 heterocycles. The maximum Gasteiger partial charge on any atom is 0.344 e. The van der Waals surface area contributed by atoms with Crippen molar-refractivity contribution >= 4 is 17.5 Å². The number of aliphatic carboxylic acids is 1. The van der Waals surface area contributed by atoms with Gasteiger partial charge in [0.25, 0.3) is 0 Å². The van der Waals surface area contributed by atoms with Gasteiger partial charge >= 0.3 is 5.97 Å². The zero-order valence-electron chi connectivity index (χ0n) is 17.4. The summed E-state index contributed by atoms with van der Waals surface area (Å²) in [6.45, 7) is 6.24. The molecule has 3 saturated carbocycles. The first-order chi connectivity index (χ1) is 13.3. The number of ketones is 1. The molecule has 0 aliphatic heterocycles. The minimum atomic E-state index is -0.996. The third kappa shape index (κ3) is 3.02. The average Bonchev–Trinajstić information content (AvgIpc) is 2.99. The van der Waals surface area contributed by atoms with E-state index in [1.807, 2.05) is 0 Å². The number of oxime groups is 1. The summed E-state index contributed by atoms with van der Waals surface area (Å²) < 4.78 is 0. The number of nitrogens with zero attached hydrogens (tertiary/aromatic N) is 1. The first-order valence-corrected chi connectivity index (χ1v) is 10.9. The zero-order chi connectivity index (χ0) is 20.1. The topological polar surface area (TPSA) is 76.0 Å². The van der Waals surface area contributed by atoms with Crippen LogP contribution in [0, 0.1) is 34.5 Å². The van der Waals surface area contributed by atoms with Crippen LogP contribution in [0.25, 0.3) is 0 Å². The number of rotatable bonds is 4. The molecule has 1 N–H and O–H groups in total. The van der Waals surface area contributed by atoms with Crippen LogP contribution < -0.4 is 0 Å². The Morgan fingerprint density at radius 2 is 1.93 bits per heavy atom. The van der Waals surface area contributed by atoms with Crippen LogP contribution in [0.1, 0.15) is 72.1 Å². The molecule has 0 aromatic heterocycles. The fourth-order valence-electron chi connectivity index (χ4n) is 7.48. The van der Waals surface area contributed by atoms with Crippen LogP contribution in [-0.2, 0) is 14.4 Å². The van der Waals surface area contributed by atoms with Gasteiger partial charge in [0.05, 0.1) is 5.71 Å². The van der Waals surface area contributed by atoms with Gasteiger partial charge in [-0.1, -0.05) is 24.6 Å². The smallest absolute Gasteiger partial charge is 0.344 e. The summed E-state index contributed by atoms with van der Waals surface area (Å²) in [7, 11) is 0. The number of carbonyl (C=O) groups excluding carboxylic acids is 1. The molecule has 4 aliphatic carbocycles. The van der Waals surface area contributed by atoms with E-state index in [9.17, 15) is 9.59 Å². The Hall–Kier alpha value is -1.65. The number of fused-ring (bicyclic) bond motifs is 5. The van der Waals surface area contributed by atoms with E-state index in [0.29, 0.717) is 17.6 Å². The van der Waals surface area contributed by atoms with Crippen LogP contribution >= 0.6 is 0 Å². The van der Waals surface area contributed by atoms with E-state index in [0.717, 1.165) is 37.3 Å². The van der Waals surface area contributed by atoms with Crippen LogP contribution in [0.2, 0.25) is 0 Å². The van der Waals surface area contributed by atoms with Crippen molar-refractivity contribution in [2.45, 2.75) is 72.1 Å². The molecular weight excluding hydrogens is 354 g/mol. The summed E-state index contributed by atoms with van der Waals surface area (Å²) in [4.78, 5) is 27.8. The minimum Gasteiger partial charge on any atom is -0.479 e. The van der Waals surface area contributed by atoms with Gasteiger partial charge < -0.3 is 9.94 Å². The first kappa shape index (κ1) is 19.7. The van der Waals surface area contributed by atoms with Gasteiger partial charge in [0.15, 0.2) is 0 Å². The van der Waals surface area contributed by atoms with Gasteiger partial charge in [0, 0.05) is 5.92 Å². The lowest BCUT2D eigenvalue weighted by Crippen LogP contribution is -2.51. The van der Waals surface area contributed by atoms with Gasteiger partial charge in [-0.05, 0) is 93.0 Å². The Morgan fingerprint density at radius 3 is 2.64 bits per heavy atom. The molecular formula is C23H33NO4. The summed E-state index contributed by atoms with van der Waals surface area (Å²) in [5, 5.41) is 12.8. The normalized spacial score (nSPS) is 43.5. The molecule has 4 aliphatic rings. The maximum absolute atomic E-state index is 12.3. The fourth-order valence-corrected chi connectivity index (χ4v) is 7.48. The van der Waals surface area contributed by atoms with Crippen LogP contribution in [-0.4, -0.2) is 29.2 Å². The van der Waals surface area contributed by atoms with Crippen LogP contribution in [0.3, 0.4) is 0 Å². The molecule has 4 rings (SSSR count). The summed E-state index contributed by atoms with van der Waals surface area (Å²) in [5.41, 5.74) is 2.77. The molecule has 6 atom stereocenters. The molecule has 0 unspecified atom stereocenters. The molecule has 0 aromatic rings. The van der Waals surface area contributed by atoms with Crippen LogP contribution in [0.4, 0.5) is 0 Å². The fraction of sp³-hybridized carbons (Fsp3) is 0.783. The average molecular weight is 388 g/mol. The second-order valence-electron chi connectivity index (χ2n) is 10.0. The second kappa shape index (κ2) is 7.00. The van der Waals surface area contributed by atoms with Crippen LogP contribution in [0.5, 0.6) is 0 Å². The predicted octanol–water partition coefficient (Wildman–Crippen LogP) is 4.61. The summed E-state index contributed by atoms with van der Waals surface area (Å²) in [6.07, 6.45) is 11.1. The van der Waals surface area contributed by atoms with Crippen molar-refractivity contribution in [3.63, 3.8) is 0 Å². The largest absolute Gasteiger partial charge is 0.479 e. The van der Waals surface area contributed by atoms with E-state index in [-0.39, 0.29) is 23.4 Å². The molecule has 0 bridgehead atoms. The van der Waals surface area contributed by atoms with E-state index in [1.54, 1.807) is 6.92 Å². The SMILES string of the molecule is CC(=O)[C@@H]1CC[C@H]2[C@H]3CCC4=CC(=NOCC(=O)O)CC[C@]4(C)[C@@H]3CC[C@]12C. The van der Waals surface area contributed by atoms with Crippen molar-refractivity contribution in [2.24, 2.45) is 39.7 Å². The number of carboxylic acids is 1. The lowest BCUT2D eigenvalue weighted by Gasteiger charge is -2.58. The monoisotopic (exact) mass is 387 g/mol. The molecule has 5 heteroatoms. The third-order valence-electron chi connectivity index (χ3n) is 8.84. The lowest BCUT2D eigenvalue weighted by atomic mass is 9.46. The molecule has 0 radical (unpaired) electrons. The summed E-state index contributed by atoms with van der Waals surface area (Å²) >= 11 is 0. The van der Waals surface area contributed by atoms with E-state index >= 15 is 0 Å². The Morgan fingerprint density at radius 1 is 1.14 bits per heavy atom. The van der Waals surface area contributed by atoms with E-state index in [4.69, 9.17) is 9.94 Å². The standard InChI is InChI=1S/C23H33NO4/c1-14(25)18-6-7-19-17-5-4-15-12-16(24-28-13-21(26)27)8-10-22(15,2)20(17)9-11-23(18,19)3/h12,17-20H,4-11,13H2,1-3H3,(H,26,27)/t17-,18+,19+,20-,22+,23-/m1/s1. The number of hydrogen-bond donors (Lipinski definition) is 1. The highest BCUT2D eigenvalue weighted by Gasteiger charge is 2.59. The van der Waals surface area contributed by atoms with Crippen molar-refractivity contribution in [2.75, 3.05) is 6.61 Å². The van der Waals surface area contributed by atoms with Crippen molar-refractivity contribution in [3.05, 3.63) is 11.6 Å². The van der Waals surface area contributed by atoms with Gasteiger partial charge in [-0.15, -0.1) is 0 Å². The molecule has 28 heavy (non-hydrogen) atoms. The van der Waals surface area contributed by atoms with Crippen molar-refractivity contribution in [1.82, 2.24) is 0 Å². The van der Waals surface area contributed by atoms with Gasteiger partial charge in [-0.3, -0.25) is 4.79 Å². The highest BCUT2D eigenvalue weighted by molar-refractivity contribution is 5.96. The van der Waals surface area contributed by atoms with Gasteiger partial charge in [-0.2, -0.15) is 0 Å². The quantitative estimate of drug-likeness (QED) is 0.715. The van der Waals surface area contributed by atoms with Crippen molar-refractivity contribution in [1.29, 1.82) is 0 Å². The molecule has 0 aromatic carbocycles. The van der Waals surface area contributed by atoms with E-state index < -0.39 is 5.97 Å². The third-order valence-corrected chi connectivity index (χ3v) is 8.84. The Kier molecular flexibility index (Phi) is 4.91. The van der Waals surface area contributed by atoms with Gasteiger partial charge in [-0.25, -0.2) is 4.79 Å². The van der Waals surface area contributed by atoms with Gasteiger partial charge in [0.1, 0.15) is 5.78 Å². The maximum atomic E-state index is 12.3. The van der Waals surface area contributed by atoms with E-state index in [1.165, 1.54) is 31.3 Å². The number of Topliss-reactive ketones (excluding diaryl/α,β-unsaturated/α-hetero) is 1. The summed E-state index contributed by atoms with van der Waals surface area (Å²) in [6, 6.07) is 0. The number of hydrogen-bond acceptors (Lipinski definition) is 4. The highest BCUT2D eigenvalue weighted by atomic mass is 16.6. The first-order valence-electron chi connectivity index (χ1n) is 10.9. The molecule has 5 nitrogen and oxygen atoms in total. The number of carboxylic acid groups (broad SMARTS) is 1. The molecule has 154 valence electrons. The Labute approximate surface area is 167 Å². The second-order valence-corrected chi connectivity index (χ2v) is 10.0.